The van der Waals surface area contributed by atoms with Crippen LogP contribution in [0.4, 0.5) is 0 Å². The molecule has 3 nitrogen and oxygen atoms in total. The molecule has 1 N–H and O–H groups in total. The second kappa shape index (κ2) is 8.44. The average Bonchev–Trinajstić information content (AvgIpc) is 2.52. The molecule has 0 heterocycles. The minimum atomic E-state index is -0.634. The number of hydrogen-bond donors (Lipinski definition) is 1. The average molecular weight is 308 g/mol. The molecule has 3 unspecified atom stereocenters. The van der Waals surface area contributed by atoms with E-state index in [9.17, 15) is 9.90 Å². The molecule has 1 aliphatic rings. The molecule has 0 bridgehead atoms. The van der Waals surface area contributed by atoms with Gasteiger partial charge >= 0.3 is 5.97 Å². The van der Waals surface area contributed by atoms with E-state index in [0.717, 1.165) is 38.0 Å². The number of ether oxygens (including phenoxy) is 1. The summed E-state index contributed by atoms with van der Waals surface area (Å²) < 4.78 is 5.07. The van der Waals surface area contributed by atoms with Crippen LogP contribution >= 0.6 is 11.8 Å². The Morgan fingerprint density at radius 2 is 2.10 bits per heavy atom. The van der Waals surface area contributed by atoms with Gasteiger partial charge in [-0.2, -0.15) is 11.8 Å². The van der Waals surface area contributed by atoms with E-state index in [4.69, 9.17) is 4.74 Å². The zero-order valence-corrected chi connectivity index (χ0v) is 13.3. The summed E-state index contributed by atoms with van der Waals surface area (Å²) in [6.45, 7) is 0.750. The van der Waals surface area contributed by atoms with Crippen molar-refractivity contribution < 1.29 is 14.6 Å². The van der Waals surface area contributed by atoms with E-state index in [1.165, 1.54) is 5.56 Å². The molecule has 2 rings (SSSR count). The maximum absolute atomic E-state index is 11.5. The maximum atomic E-state index is 11.5. The van der Waals surface area contributed by atoms with Gasteiger partial charge in [0.2, 0.25) is 0 Å². The molecular weight excluding hydrogens is 284 g/mol. The number of carboxylic acids is 1. The topological polar surface area (TPSA) is 46.5 Å². The van der Waals surface area contributed by atoms with Crippen molar-refractivity contribution in [2.75, 3.05) is 19.5 Å². The first-order valence-electron chi connectivity index (χ1n) is 7.60. The van der Waals surface area contributed by atoms with E-state index in [2.05, 4.69) is 24.3 Å². The Morgan fingerprint density at radius 1 is 1.33 bits per heavy atom. The highest BCUT2D eigenvalue weighted by atomic mass is 32.2. The van der Waals surface area contributed by atoms with Crippen LogP contribution in [-0.4, -0.2) is 35.8 Å². The number of aliphatic carboxylic acids is 1. The van der Waals surface area contributed by atoms with Crippen molar-refractivity contribution in [1.82, 2.24) is 0 Å². The molecule has 0 amide bonds. The zero-order chi connectivity index (χ0) is 15.1. The highest BCUT2D eigenvalue weighted by Gasteiger charge is 2.35. The number of carbonyl (C=O) groups is 1. The summed E-state index contributed by atoms with van der Waals surface area (Å²) >= 11 is 1.81. The predicted molar refractivity (Wildman–Crippen MR) is 86.9 cm³/mol. The summed E-state index contributed by atoms with van der Waals surface area (Å²) in [5.41, 5.74) is 1.35. The van der Waals surface area contributed by atoms with Gasteiger partial charge in [-0.05, 0) is 42.9 Å². The first-order valence-corrected chi connectivity index (χ1v) is 8.65. The quantitative estimate of drug-likeness (QED) is 0.778. The highest BCUT2D eigenvalue weighted by molar-refractivity contribution is 7.99. The lowest BCUT2D eigenvalue weighted by Gasteiger charge is -2.34. The molecule has 0 radical (unpaired) electrons. The fourth-order valence-corrected chi connectivity index (χ4v) is 4.50. The number of thioether (sulfide) groups is 1. The summed E-state index contributed by atoms with van der Waals surface area (Å²) in [4.78, 5) is 11.5. The number of methoxy groups -OCH3 is 1. The second-order valence-electron chi connectivity index (χ2n) is 5.62. The fourth-order valence-electron chi connectivity index (χ4n) is 3.06. The van der Waals surface area contributed by atoms with Gasteiger partial charge in [0.25, 0.3) is 0 Å². The van der Waals surface area contributed by atoms with Crippen molar-refractivity contribution >= 4 is 17.7 Å². The van der Waals surface area contributed by atoms with Crippen LogP contribution in [0.15, 0.2) is 30.3 Å². The minimum absolute atomic E-state index is 0.197. The van der Waals surface area contributed by atoms with E-state index in [1.807, 2.05) is 17.8 Å². The molecule has 0 aromatic heterocycles. The highest BCUT2D eigenvalue weighted by Crippen LogP contribution is 2.41. The van der Waals surface area contributed by atoms with Gasteiger partial charge in [0.15, 0.2) is 0 Å². The molecule has 3 atom stereocenters. The summed E-state index contributed by atoms with van der Waals surface area (Å²) in [6.07, 6.45) is 3.73. The van der Waals surface area contributed by atoms with Crippen molar-refractivity contribution in [1.29, 1.82) is 0 Å². The van der Waals surface area contributed by atoms with Gasteiger partial charge in [-0.3, -0.25) is 4.79 Å². The minimum Gasteiger partial charge on any atom is -0.481 e. The Kier molecular flexibility index (Phi) is 6.58. The largest absolute Gasteiger partial charge is 0.481 e. The van der Waals surface area contributed by atoms with Crippen molar-refractivity contribution in [3.8, 4) is 0 Å². The standard InChI is InChI=1S/C17H24O3S/c1-20-10-5-11-21-16-12-14(8-9-15(16)17(18)19)13-6-3-2-4-7-13/h2-4,6-7,14-16H,5,8-12H2,1H3,(H,18,19). The Morgan fingerprint density at radius 3 is 2.76 bits per heavy atom. The normalized spacial score (nSPS) is 25.7. The van der Waals surface area contributed by atoms with Gasteiger partial charge in [0, 0.05) is 19.0 Å². The van der Waals surface area contributed by atoms with Crippen LogP contribution in [0, 0.1) is 5.92 Å². The van der Waals surface area contributed by atoms with E-state index < -0.39 is 5.97 Å². The molecule has 1 aromatic carbocycles. The Hall–Kier alpha value is -1.00. The Balaban J connectivity index is 1.96. The van der Waals surface area contributed by atoms with E-state index >= 15 is 0 Å². The summed E-state index contributed by atoms with van der Waals surface area (Å²) in [6, 6.07) is 10.5. The van der Waals surface area contributed by atoms with Gasteiger partial charge in [-0.25, -0.2) is 0 Å². The molecule has 4 heteroatoms. The number of hydrogen-bond acceptors (Lipinski definition) is 3. The van der Waals surface area contributed by atoms with Crippen molar-refractivity contribution in [3.63, 3.8) is 0 Å². The molecule has 0 spiro atoms. The molecule has 0 saturated heterocycles. The van der Waals surface area contributed by atoms with E-state index in [1.54, 1.807) is 7.11 Å². The van der Waals surface area contributed by atoms with Crippen LogP contribution in [0.1, 0.15) is 37.2 Å². The molecular formula is C17H24O3S. The van der Waals surface area contributed by atoms with Crippen LogP contribution < -0.4 is 0 Å². The van der Waals surface area contributed by atoms with Gasteiger partial charge in [-0.15, -0.1) is 0 Å². The van der Waals surface area contributed by atoms with Gasteiger partial charge in [0.1, 0.15) is 0 Å². The maximum Gasteiger partial charge on any atom is 0.307 e. The lowest BCUT2D eigenvalue weighted by molar-refractivity contribution is -0.142. The lowest BCUT2D eigenvalue weighted by Crippen LogP contribution is -2.32. The molecule has 0 aliphatic heterocycles. The first kappa shape index (κ1) is 16.4. The number of benzene rings is 1. The number of rotatable bonds is 7. The van der Waals surface area contributed by atoms with Gasteiger partial charge < -0.3 is 9.84 Å². The fraction of sp³-hybridized carbons (Fsp3) is 0.588. The van der Waals surface area contributed by atoms with Crippen molar-refractivity contribution in [2.24, 2.45) is 5.92 Å². The van der Waals surface area contributed by atoms with Crippen LogP contribution in [0.25, 0.3) is 0 Å². The second-order valence-corrected chi connectivity index (χ2v) is 6.97. The summed E-state index contributed by atoms with van der Waals surface area (Å²) in [5.74, 6) is 0.647. The molecule has 1 aliphatic carbocycles. The lowest BCUT2D eigenvalue weighted by atomic mass is 9.78. The van der Waals surface area contributed by atoms with Crippen LogP contribution in [0.3, 0.4) is 0 Å². The summed E-state index contributed by atoms with van der Waals surface area (Å²) in [5, 5.41) is 9.65. The van der Waals surface area contributed by atoms with E-state index in [-0.39, 0.29) is 11.2 Å². The van der Waals surface area contributed by atoms with Crippen LogP contribution in [-0.2, 0) is 9.53 Å². The molecule has 1 saturated carbocycles. The SMILES string of the molecule is COCCCSC1CC(c2ccccc2)CCC1C(=O)O. The monoisotopic (exact) mass is 308 g/mol. The van der Waals surface area contributed by atoms with Crippen molar-refractivity contribution in [3.05, 3.63) is 35.9 Å². The third-order valence-electron chi connectivity index (χ3n) is 4.20. The van der Waals surface area contributed by atoms with Crippen molar-refractivity contribution in [2.45, 2.75) is 36.9 Å². The molecule has 116 valence electrons. The predicted octanol–water partition coefficient (Wildman–Crippen LogP) is 3.79. The zero-order valence-electron chi connectivity index (χ0n) is 12.5. The number of carboxylic acid groups (broad SMARTS) is 1. The third-order valence-corrected chi connectivity index (χ3v) is 5.68. The van der Waals surface area contributed by atoms with Crippen LogP contribution in [0.2, 0.25) is 0 Å². The molecule has 1 fully saturated rings. The summed E-state index contributed by atoms with van der Waals surface area (Å²) in [7, 11) is 1.71. The smallest absolute Gasteiger partial charge is 0.307 e. The van der Waals surface area contributed by atoms with E-state index in [0.29, 0.717) is 5.92 Å². The van der Waals surface area contributed by atoms with Gasteiger partial charge in [-0.1, -0.05) is 30.3 Å². The third kappa shape index (κ3) is 4.75. The Labute approximate surface area is 131 Å². The van der Waals surface area contributed by atoms with Crippen LogP contribution in [0.5, 0.6) is 0 Å². The molecule has 21 heavy (non-hydrogen) atoms. The van der Waals surface area contributed by atoms with Gasteiger partial charge in [0.05, 0.1) is 5.92 Å². The first-order chi connectivity index (χ1) is 10.2. The molecule has 1 aromatic rings. The Bertz CT molecular complexity index is 435.